The minimum Gasteiger partial charge on any atom is -0.354 e. The van der Waals surface area contributed by atoms with Crippen LogP contribution in [0.2, 0.25) is 0 Å². The summed E-state index contributed by atoms with van der Waals surface area (Å²) in [7, 11) is 0. The lowest BCUT2D eigenvalue weighted by molar-refractivity contribution is 0.627. The molecule has 0 amide bonds. The van der Waals surface area contributed by atoms with E-state index in [4.69, 9.17) is 5.84 Å². The van der Waals surface area contributed by atoms with Crippen LogP contribution in [0.4, 0.5) is 21.6 Å². The van der Waals surface area contributed by atoms with E-state index in [9.17, 15) is 4.39 Å². The first-order valence-corrected chi connectivity index (χ1v) is 5.63. The molecule has 0 atom stereocenters. The number of halogens is 2. The topological polar surface area (TPSA) is 63.0 Å². The quantitative estimate of drug-likeness (QED) is 0.602. The van der Waals surface area contributed by atoms with Crippen LogP contribution >= 0.6 is 15.9 Å². The Morgan fingerprint density at radius 1 is 1.24 bits per heavy atom. The molecule has 1 aromatic carbocycles. The van der Waals surface area contributed by atoms with Crippen molar-refractivity contribution in [1.82, 2.24) is 4.98 Å². The highest BCUT2D eigenvalue weighted by Crippen LogP contribution is 2.26. The van der Waals surface area contributed by atoms with Gasteiger partial charge in [0, 0.05) is 22.4 Å². The van der Waals surface area contributed by atoms with Crippen LogP contribution < -0.4 is 16.6 Å². The van der Waals surface area contributed by atoms with Gasteiger partial charge >= 0.3 is 0 Å². The summed E-state index contributed by atoms with van der Waals surface area (Å²) in [6.07, 6.45) is 1.62. The molecule has 0 saturated carbocycles. The summed E-state index contributed by atoms with van der Waals surface area (Å²) >= 11 is 3.28. The van der Waals surface area contributed by atoms with Gasteiger partial charge in [-0.05, 0) is 40.2 Å². The van der Waals surface area contributed by atoms with Crippen molar-refractivity contribution in [3.63, 3.8) is 0 Å². The van der Waals surface area contributed by atoms with Crippen LogP contribution in [-0.2, 0) is 0 Å². The van der Waals surface area contributed by atoms with Crippen molar-refractivity contribution in [2.75, 3.05) is 10.7 Å². The Bertz CT molecular complexity index is 533. The summed E-state index contributed by atoms with van der Waals surface area (Å²) in [6.45, 7) is 0. The highest BCUT2D eigenvalue weighted by Gasteiger charge is 2.02. The molecule has 0 aliphatic heterocycles. The van der Waals surface area contributed by atoms with E-state index in [1.165, 1.54) is 12.1 Å². The maximum atomic E-state index is 12.9. The summed E-state index contributed by atoms with van der Waals surface area (Å²) in [6, 6.07) is 7.96. The Hall–Kier alpha value is -1.66. The van der Waals surface area contributed by atoms with Crippen LogP contribution in [0.25, 0.3) is 0 Å². The molecule has 0 aliphatic rings. The van der Waals surface area contributed by atoms with Crippen LogP contribution in [-0.4, -0.2) is 4.98 Å². The van der Waals surface area contributed by atoms with Gasteiger partial charge < -0.3 is 10.7 Å². The predicted octanol–water partition coefficient (Wildman–Crippen LogP) is 3.01. The molecule has 0 spiro atoms. The Morgan fingerprint density at radius 3 is 2.76 bits per heavy atom. The molecule has 4 nitrogen and oxygen atoms in total. The fraction of sp³-hybridized carbons (Fsp3) is 0. The number of anilines is 3. The molecule has 4 N–H and O–H groups in total. The zero-order valence-electron chi connectivity index (χ0n) is 8.74. The first kappa shape index (κ1) is 11.8. The Morgan fingerprint density at radius 2 is 2.06 bits per heavy atom. The second-order valence-corrected chi connectivity index (χ2v) is 4.18. The van der Waals surface area contributed by atoms with E-state index in [0.717, 1.165) is 11.4 Å². The predicted molar refractivity (Wildman–Crippen MR) is 69.4 cm³/mol. The van der Waals surface area contributed by atoms with Crippen molar-refractivity contribution in [1.29, 1.82) is 0 Å². The number of hydrazine groups is 1. The zero-order chi connectivity index (χ0) is 12.3. The third kappa shape index (κ3) is 2.92. The number of hydrogen-bond donors (Lipinski definition) is 3. The number of rotatable bonds is 3. The Balaban J connectivity index is 2.25. The lowest BCUT2D eigenvalue weighted by atomic mass is 10.3. The number of aromatic nitrogens is 1. The largest absolute Gasteiger partial charge is 0.354 e. The molecular weight excluding hydrogens is 287 g/mol. The average molecular weight is 297 g/mol. The van der Waals surface area contributed by atoms with Crippen LogP contribution in [0.5, 0.6) is 0 Å². The molecule has 88 valence electrons. The van der Waals surface area contributed by atoms with Gasteiger partial charge in [0.2, 0.25) is 0 Å². The second-order valence-electron chi connectivity index (χ2n) is 3.32. The molecule has 1 heterocycles. The van der Waals surface area contributed by atoms with Crippen molar-refractivity contribution < 1.29 is 4.39 Å². The summed E-state index contributed by atoms with van der Waals surface area (Å²) in [4.78, 5) is 3.99. The summed E-state index contributed by atoms with van der Waals surface area (Å²) < 4.78 is 13.6. The van der Waals surface area contributed by atoms with E-state index in [1.54, 1.807) is 24.4 Å². The lowest BCUT2D eigenvalue weighted by Crippen LogP contribution is -2.08. The first-order valence-electron chi connectivity index (χ1n) is 4.84. The standard InChI is InChI=1S/C11H10BrFN4/c12-9-5-7(13)1-2-10(9)16-8-3-4-15-11(6-8)17-14/h1-6H,14H2,(H2,15,16,17). The first-order chi connectivity index (χ1) is 8.19. The van der Waals surface area contributed by atoms with Gasteiger partial charge in [0.1, 0.15) is 11.6 Å². The van der Waals surface area contributed by atoms with E-state index >= 15 is 0 Å². The van der Waals surface area contributed by atoms with E-state index in [-0.39, 0.29) is 5.82 Å². The van der Waals surface area contributed by atoms with Crippen molar-refractivity contribution in [3.05, 3.63) is 46.8 Å². The molecule has 1 aromatic heterocycles. The number of nitrogen functional groups attached to an aromatic ring is 1. The van der Waals surface area contributed by atoms with Crippen molar-refractivity contribution in [3.8, 4) is 0 Å². The highest BCUT2D eigenvalue weighted by molar-refractivity contribution is 9.10. The molecule has 0 aliphatic carbocycles. The van der Waals surface area contributed by atoms with Gasteiger partial charge in [0.25, 0.3) is 0 Å². The fourth-order valence-electron chi connectivity index (χ4n) is 1.33. The van der Waals surface area contributed by atoms with Crippen molar-refractivity contribution in [2.45, 2.75) is 0 Å². The van der Waals surface area contributed by atoms with E-state index in [0.29, 0.717) is 10.3 Å². The Kier molecular flexibility index (Phi) is 3.55. The molecule has 0 fully saturated rings. The third-order valence-electron chi connectivity index (χ3n) is 2.12. The molecule has 0 saturated heterocycles. The Labute approximate surface area is 106 Å². The number of nitrogens with one attached hydrogen (secondary N) is 2. The number of benzene rings is 1. The number of hydrogen-bond acceptors (Lipinski definition) is 4. The van der Waals surface area contributed by atoms with Crippen LogP contribution in [0, 0.1) is 5.82 Å². The molecule has 17 heavy (non-hydrogen) atoms. The van der Waals surface area contributed by atoms with Gasteiger partial charge in [0.05, 0.1) is 5.69 Å². The number of nitrogens with two attached hydrogens (primary N) is 1. The van der Waals surface area contributed by atoms with Gasteiger partial charge in [-0.1, -0.05) is 0 Å². The van der Waals surface area contributed by atoms with E-state index < -0.39 is 0 Å². The monoisotopic (exact) mass is 296 g/mol. The maximum absolute atomic E-state index is 12.9. The van der Waals surface area contributed by atoms with Crippen LogP contribution in [0.1, 0.15) is 0 Å². The fourth-order valence-corrected chi connectivity index (χ4v) is 1.78. The number of nitrogens with zero attached hydrogens (tertiary/aromatic N) is 1. The molecule has 2 aromatic rings. The van der Waals surface area contributed by atoms with Crippen molar-refractivity contribution >= 4 is 33.1 Å². The lowest BCUT2D eigenvalue weighted by Gasteiger charge is -2.09. The normalized spacial score (nSPS) is 10.1. The van der Waals surface area contributed by atoms with Crippen LogP contribution in [0.15, 0.2) is 41.0 Å². The van der Waals surface area contributed by atoms with Gasteiger partial charge in [0.15, 0.2) is 0 Å². The van der Waals surface area contributed by atoms with Crippen molar-refractivity contribution in [2.24, 2.45) is 5.84 Å². The second kappa shape index (κ2) is 5.11. The minimum absolute atomic E-state index is 0.290. The van der Waals surface area contributed by atoms with Crippen LogP contribution in [0.3, 0.4) is 0 Å². The zero-order valence-corrected chi connectivity index (χ0v) is 10.3. The molecular formula is C11H10BrFN4. The smallest absolute Gasteiger partial charge is 0.141 e. The summed E-state index contributed by atoms with van der Waals surface area (Å²) in [5, 5.41) is 3.13. The third-order valence-corrected chi connectivity index (χ3v) is 2.77. The molecule has 2 rings (SSSR count). The molecule has 0 unspecified atom stereocenters. The summed E-state index contributed by atoms with van der Waals surface area (Å²) in [5.41, 5.74) is 4.02. The SMILES string of the molecule is NNc1cc(Nc2ccc(F)cc2Br)ccn1. The summed E-state index contributed by atoms with van der Waals surface area (Å²) in [5.74, 6) is 5.52. The van der Waals surface area contributed by atoms with E-state index in [1.807, 2.05) is 0 Å². The van der Waals surface area contributed by atoms with Gasteiger partial charge in [-0.3, -0.25) is 0 Å². The van der Waals surface area contributed by atoms with Gasteiger partial charge in [-0.25, -0.2) is 15.2 Å². The van der Waals surface area contributed by atoms with E-state index in [2.05, 4.69) is 31.7 Å². The molecule has 6 heteroatoms. The number of pyridine rings is 1. The maximum Gasteiger partial charge on any atom is 0.141 e. The van der Waals surface area contributed by atoms with Gasteiger partial charge in [-0.15, -0.1) is 0 Å². The average Bonchev–Trinajstić information content (AvgIpc) is 2.33. The minimum atomic E-state index is -0.290. The molecule has 0 radical (unpaired) electrons. The highest BCUT2D eigenvalue weighted by atomic mass is 79.9. The van der Waals surface area contributed by atoms with Gasteiger partial charge in [-0.2, -0.15) is 0 Å². The molecule has 0 bridgehead atoms.